The fourth-order valence-corrected chi connectivity index (χ4v) is 3.83. The average molecular weight is 349 g/mol. The van der Waals surface area contributed by atoms with Crippen LogP contribution < -0.4 is 15.8 Å². The molecule has 3 N–H and O–H groups in total. The van der Waals surface area contributed by atoms with Gasteiger partial charge in [0.2, 0.25) is 5.91 Å². The number of amides is 1. The number of carbonyl (C=O) groups is 1. The molecule has 1 saturated heterocycles. The molecule has 2 atom stereocenters. The molecule has 1 fully saturated rings. The molecule has 2 heterocycles. The molecule has 1 aromatic carbocycles. The molecular weight excluding hydrogens is 321 g/mol. The first kappa shape index (κ1) is 18.1. The third kappa shape index (κ3) is 4.92. The van der Waals surface area contributed by atoms with E-state index in [0.29, 0.717) is 12.4 Å². The van der Waals surface area contributed by atoms with E-state index in [4.69, 9.17) is 10.5 Å². The number of halogens is 1. The van der Waals surface area contributed by atoms with Crippen molar-refractivity contribution in [3.05, 3.63) is 29.6 Å². The van der Waals surface area contributed by atoms with Gasteiger partial charge in [-0.25, -0.2) is 4.39 Å². The lowest BCUT2D eigenvalue weighted by Gasteiger charge is -2.31. The Morgan fingerprint density at radius 1 is 1.36 bits per heavy atom. The average Bonchev–Trinajstić information content (AvgIpc) is 2.80. The highest BCUT2D eigenvalue weighted by atomic mass is 19.1. The van der Waals surface area contributed by atoms with Crippen molar-refractivity contribution in [2.24, 2.45) is 11.7 Å². The van der Waals surface area contributed by atoms with E-state index in [1.165, 1.54) is 12.1 Å². The molecule has 0 radical (unpaired) electrons. The first-order valence-corrected chi connectivity index (χ1v) is 9.31. The van der Waals surface area contributed by atoms with E-state index in [1.807, 2.05) is 6.07 Å². The van der Waals surface area contributed by atoms with Gasteiger partial charge >= 0.3 is 0 Å². The van der Waals surface area contributed by atoms with Crippen LogP contribution in [0.25, 0.3) is 0 Å². The van der Waals surface area contributed by atoms with Gasteiger partial charge in [-0.2, -0.15) is 0 Å². The minimum absolute atomic E-state index is 0.00230. The van der Waals surface area contributed by atoms with Crippen molar-refractivity contribution in [3.63, 3.8) is 0 Å². The lowest BCUT2D eigenvalue weighted by Crippen LogP contribution is -2.42. The number of rotatable bonds is 6. The zero-order valence-corrected chi connectivity index (χ0v) is 14.7. The van der Waals surface area contributed by atoms with E-state index in [1.54, 1.807) is 0 Å². The predicted molar refractivity (Wildman–Crippen MR) is 94.8 cm³/mol. The van der Waals surface area contributed by atoms with Crippen LogP contribution in [0.15, 0.2) is 18.2 Å². The van der Waals surface area contributed by atoms with Gasteiger partial charge in [0.15, 0.2) is 0 Å². The summed E-state index contributed by atoms with van der Waals surface area (Å²) in [6.07, 6.45) is 4.92. The molecule has 1 amide bonds. The SMILES string of the molecule is NC(=O)[C@H]1CCCN(CCCN[C@H]2CCCOc3cc(F)ccc32)C1. The van der Waals surface area contributed by atoms with Crippen molar-refractivity contribution in [1.29, 1.82) is 0 Å². The Hall–Kier alpha value is -1.66. The number of benzene rings is 1. The Balaban J connectivity index is 1.47. The highest BCUT2D eigenvalue weighted by Gasteiger charge is 2.24. The molecule has 3 rings (SSSR count). The summed E-state index contributed by atoms with van der Waals surface area (Å²) in [5.74, 6) is 0.233. The van der Waals surface area contributed by atoms with Gasteiger partial charge < -0.3 is 20.7 Å². The van der Waals surface area contributed by atoms with Gasteiger partial charge in [-0.15, -0.1) is 0 Å². The van der Waals surface area contributed by atoms with E-state index in [2.05, 4.69) is 10.2 Å². The lowest BCUT2D eigenvalue weighted by molar-refractivity contribution is -0.123. The third-order valence-corrected chi connectivity index (χ3v) is 5.20. The summed E-state index contributed by atoms with van der Waals surface area (Å²) in [6.45, 7) is 4.32. The summed E-state index contributed by atoms with van der Waals surface area (Å²) in [7, 11) is 0. The summed E-state index contributed by atoms with van der Waals surface area (Å²) in [4.78, 5) is 13.7. The zero-order chi connectivity index (χ0) is 17.6. The van der Waals surface area contributed by atoms with Crippen molar-refractivity contribution in [3.8, 4) is 5.75 Å². The predicted octanol–water partition coefficient (Wildman–Crippen LogP) is 2.22. The minimum Gasteiger partial charge on any atom is -0.493 e. The van der Waals surface area contributed by atoms with Gasteiger partial charge in [0, 0.05) is 24.2 Å². The van der Waals surface area contributed by atoms with Crippen LogP contribution >= 0.6 is 0 Å². The summed E-state index contributed by atoms with van der Waals surface area (Å²) in [6, 6.07) is 5.01. The van der Waals surface area contributed by atoms with E-state index in [0.717, 1.165) is 63.8 Å². The molecular formula is C19H28FN3O2. The molecule has 2 aliphatic rings. The molecule has 0 aliphatic carbocycles. The van der Waals surface area contributed by atoms with Crippen molar-refractivity contribution in [1.82, 2.24) is 10.2 Å². The standard InChI is InChI=1S/C19H28FN3O2/c20-15-6-7-16-17(5-2-11-25-18(16)12-15)22-8-3-10-23-9-1-4-14(13-23)19(21)24/h6-7,12,14,17,22H,1-5,8-11,13H2,(H2,21,24)/t14-,17-/m0/s1. The van der Waals surface area contributed by atoms with Gasteiger partial charge in [0.25, 0.3) is 0 Å². The molecule has 0 unspecified atom stereocenters. The molecule has 2 aliphatic heterocycles. The summed E-state index contributed by atoms with van der Waals surface area (Å²) >= 11 is 0. The monoisotopic (exact) mass is 349 g/mol. The number of hydrogen-bond donors (Lipinski definition) is 2. The van der Waals surface area contributed by atoms with Gasteiger partial charge in [0.05, 0.1) is 12.5 Å². The maximum absolute atomic E-state index is 13.4. The van der Waals surface area contributed by atoms with Crippen LogP contribution in [0.5, 0.6) is 5.75 Å². The molecule has 0 bridgehead atoms. The molecule has 5 nitrogen and oxygen atoms in total. The van der Waals surface area contributed by atoms with E-state index in [-0.39, 0.29) is 23.7 Å². The van der Waals surface area contributed by atoms with Crippen LogP contribution in [0.3, 0.4) is 0 Å². The third-order valence-electron chi connectivity index (χ3n) is 5.20. The molecule has 0 aromatic heterocycles. The molecule has 0 spiro atoms. The first-order chi connectivity index (χ1) is 12.1. The Kier molecular flexibility index (Phi) is 6.26. The van der Waals surface area contributed by atoms with Crippen LogP contribution in [0.2, 0.25) is 0 Å². The highest BCUT2D eigenvalue weighted by Crippen LogP contribution is 2.32. The highest BCUT2D eigenvalue weighted by molar-refractivity contribution is 5.76. The van der Waals surface area contributed by atoms with Crippen molar-refractivity contribution in [2.45, 2.75) is 38.1 Å². The molecule has 25 heavy (non-hydrogen) atoms. The number of nitrogens with two attached hydrogens (primary N) is 1. The van der Waals surface area contributed by atoms with Crippen LogP contribution in [0, 0.1) is 11.7 Å². The Morgan fingerprint density at radius 3 is 3.08 bits per heavy atom. The number of hydrogen-bond acceptors (Lipinski definition) is 4. The first-order valence-electron chi connectivity index (χ1n) is 9.31. The summed E-state index contributed by atoms with van der Waals surface area (Å²) < 4.78 is 19.1. The smallest absolute Gasteiger partial charge is 0.221 e. The largest absolute Gasteiger partial charge is 0.493 e. The zero-order valence-electron chi connectivity index (χ0n) is 14.7. The second-order valence-corrected chi connectivity index (χ2v) is 7.08. The van der Waals surface area contributed by atoms with Crippen molar-refractivity contribution < 1.29 is 13.9 Å². The number of nitrogens with zero attached hydrogens (tertiary/aromatic N) is 1. The topological polar surface area (TPSA) is 67.6 Å². The minimum atomic E-state index is -0.256. The number of fused-ring (bicyclic) bond motifs is 1. The summed E-state index contributed by atoms with van der Waals surface area (Å²) in [5.41, 5.74) is 6.48. The van der Waals surface area contributed by atoms with Gasteiger partial charge in [0.1, 0.15) is 11.6 Å². The summed E-state index contributed by atoms with van der Waals surface area (Å²) in [5, 5.41) is 3.59. The Labute approximate surface area is 148 Å². The molecule has 6 heteroatoms. The Bertz CT molecular complexity index is 596. The molecule has 1 aromatic rings. The van der Waals surface area contributed by atoms with Crippen LogP contribution in [0.4, 0.5) is 4.39 Å². The normalized spacial score (nSPS) is 24.2. The van der Waals surface area contributed by atoms with Gasteiger partial charge in [-0.3, -0.25) is 4.79 Å². The van der Waals surface area contributed by atoms with E-state index >= 15 is 0 Å². The van der Waals surface area contributed by atoms with E-state index < -0.39 is 0 Å². The maximum Gasteiger partial charge on any atom is 0.221 e. The van der Waals surface area contributed by atoms with Crippen LogP contribution in [0.1, 0.15) is 43.7 Å². The molecule has 138 valence electrons. The number of carbonyl (C=O) groups excluding carboxylic acids is 1. The second-order valence-electron chi connectivity index (χ2n) is 7.08. The Morgan fingerprint density at radius 2 is 2.24 bits per heavy atom. The fourth-order valence-electron chi connectivity index (χ4n) is 3.83. The number of piperidine rings is 1. The molecule has 0 saturated carbocycles. The van der Waals surface area contributed by atoms with Crippen LogP contribution in [-0.2, 0) is 4.79 Å². The van der Waals surface area contributed by atoms with Gasteiger partial charge in [-0.1, -0.05) is 6.07 Å². The van der Waals surface area contributed by atoms with E-state index in [9.17, 15) is 9.18 Å². The number of likely N-dealkylation sites (tertiary alicyclic amines) is 1. The van der Waals surface area contributed by atoms with Crippen molar-refractivity contribution in [2.75, 3.05) is 32.8 Å². The number of nitrogens with one attached hydrogen (secondary N) is 1. The lowest BCUT2D eigenvalue weighted by atomic mass is 9.97. The maximum atomic E-state index is 13.4. The number of ether oxygens (including phenoxy) is 1. The van der Waals surface area contributed by atoms with Crippen LogP contribution in [-0.4, -0.2) is 43.6 Å². The number of primary amides is 1. The second kappa shape index (κ2) is 8.63. The van der Waals surface area contributed by atoms with Gasteiger partial charge in [-0.05, 0) is 57.8 Å². The fraction of sp³-hybridized carbons (Fsp3) is 0.632. The van der Waals surface area contributed by atoms with Crippen molar-refractivity contribution >= 4 is 5.91 Å². The quantitative estimate of drug-likeness (QED) is 0.773.